The number of amides is 1. The van der Waals surface area contributed by atoms with E-state index in [4.69, 9.17) is 0 Å². The number of anilines is 2. The van der Waals surface area contributed by atoms with Crippen molar-refractivity contribution in [1.29, 1.82) is 0 Å². The van der Waals surface area contributed by atoms with Gasteiger partial charge in [0.25, 0.3) is 0 Å². The summed E-state index contributed by atoms with van der Waals surface area (Å²) in [7, 11) is 0. The van der Waals surface area contributed by atoms with Gasteiger partial charge in [0.2, 0.25) is 5.91 Å². The molecule has 110 valence electrons. The zero-order valence-electron chi connectivity index (χ0n) is 11.9. The molecule has 1 atom stereocenters. The lowest BCUT2D eigenvalue weighted by molar-refractivity contribution is -0.115. The first kappa shape index (κ1) is 15.4. The minimum Gasteiger partial charge on any atom is -0.772 e. The van der Waals surface area contributed by atoms with E-state index in [0.29, 0.717) is 11.4 Å². The molecule has 0 aliphatic heterocycles. The van der Waals surface area contributed by atoms with Gasteiger partial charge in [-0.3, -0.25) is 13.9 Å². The molecule has 5 heteroatoms. The molecule has 0 aliphatic rings. The molecule has 0 spiro atoms. The zero-order valence-corrected chi connectivity index (χ0v) is 12.7. The highest BCUT2D eigenvalue weighted by molar-refractivity contribution is 7.79. The SMILES string of the molecule is Cc1ccc(N(C(=O)CS(=O)[O-])c2ccc(C)cc2)cc1. The minimum absolute atomic E-state index is 0.476. The Hall–Kier alpha value is -1.98. The summed E-state index contributed by atoms with van der Waals surface area (Å²) < 4.78 is 21.7. The molecule has 1 unspecified atom stereocenters. The fraction of sp³-hybridized carbons (Fsp3) is 0.188. The Morgan fingerprint density at radius 2 is 1.33 bits per heavy atom. The first-order valence-electron chi connectivity index (χ1n) is 6.49. The number of hydrogen-bond donors (Lipinski definition) is 0. The van der Waals surface area contributed by atoms with E-state index in [1.165, 1.54) is 4.90 Å². The molecule has 0 aromatic heterocycles. The van der Waals surface area contributed by atoms with Crippen LogP contribution in [-0.2, 0) is 15.9 Å². The van der Waals surface area contributed by atoms with Crippen molar-refractivity contribution >= 4 is 28.4 Å². The highest BCUT2D eigenvalue weighted by atomic mass is 32.2. The minimum atomic E-state index is -2.41. The number of aryl methyl sites for hydroxylation is 2. The second-order valence-corrected chi connectivity index (χ2v) is 5.74. The quantitative estimate of drug-likeness (QED) is 0.816. The van der Waals surface area contributed by atoms with E-state index in [-0.39, 0.29) is 0 Å². The van der Waals surface area contributed by atoms with Crippen LogP contribution in [0.3, 0.4) is 0 Å². The summed E-state index contributed by atoms with van der Waals surface area (Å²) in [4.78, 5) is 13.7. The highest BCUT2D eigenvalue weighted by Gasteiger charge is 2.17. The van der Waals surface area contributed by atoms with Gasteiger partial charge in [-0.15, -0.1) is 0 Å². The molecule has 1 amide bonds. The maximum Gasteiger partial charge on any atom is 0.242 e. The van der Waals surface area contributed by atoms with Gasteiger partial charge in [0.1, 0.15) is 0 Å². The Labute approximate surface area is 126 Å². The van der Waals surface area contributed by atoms with E-state index < -0.39 is 22.7 Å². The Kier molecular flexibility index (Phi) is 4.88. The number of carbonyl (C=O) groups is 1. The molecule has 0 N–H and O–H groups in total. The van der Waals surface area contributed by atoms with E-state index >= 15 is 0 Å². The fourth-order valence-corrected chi connectivity index (χ4v) is 2.32. The Balaban J connectivity index is 2.43. The second-order valence-electron chi connectivity index (χ2n) is 4.85. The standard InChI is InChI=1S/C16H17NO3S/c1-12-3-7-14(8-4-12)17(16(18)11-21(19)20)15-9-5-13(2)6-10-15/h3-10H,11H2,1-2H3,(H,19,20)/p-1. The predicted octanol–water partition coefficient (Wildman–Crippen LogP) is 2.85. The van der Waals surface area contributed by atoms with E-state index in [1.807, 2.05) is 38.1 Å². The first-order valence-corrected chi connectivity index (χ1v) is 7.74. The van der Waals surface area contributed by atoms with Gasteiger partial charge in [-0.25, -0.2) is 0 Å². The lowest BCUT2D eigenvalue weighted by atomic mass is 10.1. The van der Waals surface area contributed by atoms with Gasteiger partial charge in [-0.1, -0.05) is 35.4 Å². The van der Waals surface area contributed by atoms with Gasteiger partial charge in [0.15, 0.2) is 0 Å². The van der Waals surface area contributed by atoms with Crippen molar-refractivity contribution in [3.05, 3.63) is 59.7 Å². The molecule has 0 radical (unpaired) electrons. The van der Waals surface area contributed by atoms with Crippen molar-refractivity contribution in [2.75, 3.05) is 10.7 Å². The predicted molar refractivity (Wildman–Crippen MR) is 83.3 cm³/mol. The van der Waals surface area contributed by atoms with Gasteiger partial charge in [0, 0.05) is 11.4 Å². The second kappa shape index (κ2) is 6.65. The number of carbonyl (C=O) groups excluding carboxylic acids is 1. The van der Waals surface area contributed by atoms with Gasteiger partial charge in [-0.2, -0.15) is 0 Å². The van der Waals surface area contributed by atoms with Crippen LogP contribution in [0.4, 0.5) is 11.4 Å². The average Bonchev–Trinajstić information content (AvgIpc) is 2.42. The van der Waals surface area contributed by atoms with Gasteiger partial charge >= 0.3 is 0 Å². The van der Waals surface area contributed by atoms with Crippen LogP contribution < -0.4 is 4.90 Å². The number of nitrogens with zero attached hydrogens (tertiary/aromatic N) is 1. The molecule has 0 heterocycles. The third kappa shape index (κ3) is 4.00. The maximum absolute atomic E-state index is 12.3. The molecule has 0 aliphatic carbocycles. The van der Waals surface area contributed by atoms with Crippen molar-refractivity contribution in [3.63, 3.8) is 0 Å². The first-order chi connectivity index (χ1) is 9.97. The molecule has 0 saturated heterocycles. The number of rotatable bonds is 4. The zero-order chi connectivity index (χ0) is 15.4. The van der Waals surface area contributed by atoms with E-state index in [0.717, 1.165) is 11.1 Å². The Morgan fingerprint density at radius 3 is 1.67 bits per heavy atom. The normalized spacial score (nSPS) is 12.0. The Bertz CT molecular complexity index is 605. The van der Waals surface area contributed by atoms with E-state index in [9.17, 15) is 13.6 Å². The molecule has 2 aromatic carbocycles. The topological polar surface area (TPSA) is 60.4 Å². The molecule has 2 aromatic rings. The van der Waals surface area contributed by atoms with Crippen LogP contribution >= 0.6 is 0 Å². The lowest BCUT2D eigenvalue weighted by Crippen LogP contribution is -2.30. The lowest BCUT2D eigenvalue weighted by Gasteiger charge is -2.24. The van der Waals surface area contributed by atoms with Crippen LogP contribution in [0.25, 0.3) is 0 Å². The van der Waals surface area contributed by atoms with Crippen molar-refractivity contribution in [2.45, 2.75) is 13.8 Å². The summed E-state index contributed by atoms with van der Waals surface area (Å²) in [5, 5.41) is 0. The summed E-state index contributed by atoms with van der Waals surface area (Å²) >= 11 is -2.41. The Morgan fingerprint density at radius 1 is 0.952 bits per heavy atom. The smallest absolute Gasteiger partial charge is 0.242 e. The third-order valence-electron chi connectivity index (χ3n) is 3.08. The molecule has 2 rings (SSSR count). The van der Waals surface area contributed by atoms with Crippen LogP contribution in [-0.4, -0.2) is 20.4 Å². The molecule has 0 bridgehead atoms. The largest absolute Gasteiger partial charge is 0.772 e. The highest BCUT2D eigenvalue weighted by Crippen LogP contribution is 2.26. The van der Waals surface area contributed by atoms with Crippen LogP contribution in [0.1, 0.15) is 11.1 Å². The van der Waals surface area contributed by atoms with Gasteiger partial charge in [-0.05, 0) is 49.2 Å². The summed E-state index contributed by atoms with van der Waals surface area (Å²) in [6.45, 7) is 3.91. The molecular formula is C16H16NO3S-. The molecule has 21 heavy (non-hydrogen) atoms. The van der Waals surface area contributed by atoms with E-state index in [1.54, 1.807) is 24.3 Å². The summed E-state index contributed by atoms with van der Waals surface area (Å²) in [5.74, 6) is -1.02. The van der Waals surface area contributed by atoms with Crippen LogP contribution in [0.5, 0.6) is 0 Å². The van der Waals surface area contributed by atoms with E-state index in [2.05, 4.69) is 0 Å². The molecular weight excluding hydrogens is 286 g/mol. The van der Waals surface area contributed by atoms with Crippen molar-refractivity contribution < 1.29 is 13.6 Å². The number of benzene rings is 2. The number of hydrogen-bond acceptors (Lipinski definition) is 3. The average molecular weight is 302 g/mol. The maximum atomic E-state index is 12.3. The van der Waals surface area contributed by atoms with Gasteiger partial charge < -0.3 is 4.55 Å². The van der Waals surface area contributed by atoms with Crippen molar-refractivity contribution in [2.24, 2.45) is 0 Å². The van der Waals surface area contributed by atoms with Crippen molar-refractivity contribution in [1.82, 2.24) is 0 Å². The van der Waals surface area contributed by atoms with Crippen LogP contribution in [0.15, 0.2) is 48.5 Å². The van der Waals surface area contributed by atoms with Crippen LogP contribution in [0, 0.1) is 13.8 Å². The summed E-state index contributed by atoms with van der Waals surface area (Å²) in [6.07, 6.45) is 0. The fourth-order valence-electron chi connectivity index (χ4n) is 1.99. The van der Waals surface area contributed by atoms with Crippen molar-refractivity contribution in [3.8, 4) is 0 Å². The van der Waals surface area contributed by atoms with Crippen LogP contribution in [0.2, 0.25) is 0 Å². The summed E-state index contributed by atoms with van der Waals surface area (Å²) in [5.41, 5.74) is 3.45. The summed E-state index contributed by atoms with van der Waals surface area (Å²) in [6, 6.07) is 14.8. The third-order valence-corrected chi connectivity index (χ3v) is 3.56. The molecule has 0 saturated carbocycles. The molecule has 4 nitrogen and oxygen atoms in total. The van der Waals surface area contributed by atoms with Gasteiger partial charge in [0.05, 0.1) is 5.75 Å². The monoisotopic (exact) mass is 302 g/mol. The molecule has 0 fully saturated rings.